The molecule has 1 aromatic rings. The van der Waals surface area contributed by atoms with Gasteiger partial charge in [-0.05, 0) is 43.7 Å². The summed E-state index contributed by atoms with van der Waals surface area (Å²) < 4.78 is 5.02. The Kier molecular flexibility index (Phi) is 3.84. The monoisotopic (exact) mass is 248 g/mol. The van der Waals surface area contributed by atoms with Gasteiger partial charge in [0.1, 0.15) is 11.4 Å². The molecule has 1 N–H and O–H groups in total. The zero-order chi connectivity index (χ0) is 13.0. The molecule has 1 saturated carbocycles. The first-order valence-electron chi connectivity index (χ1n) is 6.57. The first-order chi connectivity index (χ1) is 8.71. The van der Waals surface area contributed by atoms with Gasteiger partial charge in [-0.2, -0.15) is 0 Å². The van der Waals surface area contributed by atoms with E-state index in [1.54, 1.807) is 25.3 Å². The van der Waals surface area contributed by atoms with Crippen molar-refractivity contribution < 1.29 is 9.53 Å². The SMILES string of the molecule is CCOC(=O)c1cccnc1NCC1(CC)CC1. The first-order valence-corrected chi connectivity index (χ1v) is 6.57. The Morgan fingerprint density at radius 2 is 2.28 bits per heavy atom. The van der Waals surface area contributed by atoms with Gasteiger partial charge in [0, 0.05) is 12.7 Å². The lowest BCUT2D eigenvalue weighted by Crippen LogP contribution is -2.18. The molecule has 1 heterocycles. The molecule has 0 amide bonds. The molecule has 0 bridgehead atoms. The minimum absolute atomic E-state index is 0.311. The second-order valence-corrected chi connectivity index (χ2v) is 4.83. The van der Waals surface area contributed by atoms with Gasteiger partial charge in [-0.25, -0.2) is 9.78 Å². The van der Waals surface area contributed by atoms with Crippen LogP contribution in [0.3, 0.4) is 0 Å². The predicted molar refractivity (Wildman–Crippen MR) is 70.6 cm³/mol. The maximum absolute atomic E-state index is 11.8. The topological polar surface area (TPSA) is 51.2 Å². The van der Waals surface area contributed by atoms with Gasteiger partial charge >= 0.3 is 5.97 Å². The van der Waals surface area contributed by atoms with Crippen LogP contribution in [0.2, 0.25) is 0 Å². The van der Waals surface area contributed by atoms with Gasteiger partial charge in [0.15, 0.2) is 0 Å². The van der Waals surface area contributed by atoms with Gasteiger partial charge in [-0.1, -0.05) is 6.92 Å². The highest BCUT2D eigenvalue weighted by molar-refractivity contribution is 5.94. The Morgan fingerprint density at radius 1 is 1.50 bits per heavy atom. The molecule has 4 heteroatoms. The number of pyridine rings is 1. The summed E-state index contributed by atoms with van der Waals surface area (Å²) in [7, 11) is 0. The van der Waals surface area contributed by atoms with Crippen molar-refractivity contribution in [3.05, 3.63) is 23.9 Å². The molecule has 0 spiro atoms. The van der Waals surface area contributed by atoms with Gasteiger partial charge in [-0.15, -0.1) is 0 Å². The van der Waals surface area contributed by atoms with E-state index in [4.69, 9.17) is 4.74 Å². The molecule has 0 aliphatic heterocycles. The lowest BCUT2D eigenvalue weighted by molar-refractivity contribution is 0.0527. The molecule has 0 aromatic carbocycles. The summed E-state index contributed by atoms with van der Waals surface area (Å²) in [5.74, 6) is 0.324. The Bertz CT molecular complexity index is 428. The van der Waals surface area contributed by atoms with Crippen molar-refractivity contribution in [3.63, 3.8) is 0 Å². The number of carbonyl (C=O) groups is 1. The highest BCUT2D eigenvalue weighted by atomic mass is 16.5. The van der Waals surface area contributed by atoms with E-state index in [0.717, 1.165) is 6.54 Å². The van der Waals surface area contributed by atoms with E-state index in [1.807, 2.05) is 0 Å². The predicted octanol–water partition coefficient (Wildman–Crippen LogP) is 2.86. The summed E-state index contributed by atoms with van der Waals surface area (Å²) in [6.07, 6.45) is 5.38. The van der Waals surface area contributed by atoms with E-state index < -0.39 is 0 Å². The number of nitrogens with one attached hydrogen (secondary N) is 1. The minimum atomic E-state index is -0.311. The van der Waals surface area contributed by atoms with Gasteiger partial charge in [0.2, 0.25) is 0 Å². The average Bonchev–Trinajstić information content (AvgIpc) is 3.18. The van der Waals surface area contributed by atoms with E-state index in [2.05, 4.69) is 17.2 Å². The van der Waals surface area contributed by atoms with Crippen LogP contribution in [0.25, 0.3) is 0 Å². The molecule has 98 valence electrons. The maximum Gasteiger partial charge on any atom is 0.341 e. The highest BCUT2D eigenvalue weighted by Crippen LogP contribution is 2.48. The standard InChI is InChI=1S/C14H20N2O2/c1-3-14(7-8-14)10-16-12-11(6-5-9-15-12)13(17)18-4-2/h5-6,9H,3-4,7-8,10H2,1-2H3,(H,15,16). The molecule has 1 aliphatic carbocycles. The summed E-state index contributed by atoms with van der Waals surface area (Å²) in [4.78, 5) is 16.0. The van der Waals surface area contributed by atoms with Crippen LogP contribution in [-0.2, 0) is 4.74 Å². The molecule has 0 atom stereocenters. The zero-order valence-electron chi connectivity index (χ0n) is 11.0. The molecule has 2 rings (SSSR count). The number of esters is 1. The number of rotatable bonds is 6. The second kappa shape index (κ2) is 5.38. The van der Waals surface area contributed by atoms with Crippen LogP contribution in [0.4, 0.5) is 5.82 Å². The lowest BCUT2D eigenvalue weighted by atomic mass is 10.0. The third kappa shape index (κ3) is 2.81. The zero-order valence-corrected chi connectivity index (χ0v) is 11.0. The fourth-order valence-electron chi connectivity index (χ4n) is 2.02. The lowest BCUT2D eigenvalue weighted by Gasteiger charge is -2.15. The molecule has 1 aliphatic rings. The molecular formula is C14H20N2O2. The van der Waals surface area contributed by atoms with E-state index in [-0.39, 0.29) is 5.97 Å². The number of aromatic nitrogens is 1. The van der Waals surface area contributed by atoms with Gasteiger partial charge in [0.05, 0.1) is 6.61 Å². The van der Waals surface area contributed by atoms with Crippen LogP contribution in [-0.4, -0.2) is 24.1 Å². The van der Waals surface area contributed by atoms with Crippen molar-refractivity contribution in [1.29, 1.82) is 0 Å². The smallest absolute Gasteiger partial charge is 0.341 e. The van der Waals surface area contributed by atoms with Gasteiger partial charge in [0.25, 0.3) is 0 Å². The van der Waals surface area contributed by atoms with Crippen LogP contribution in [0.5, 0.6) is 0 Å². The van der Waals surface area contributed by atoms with Crippen LogP contribution >= 0.6 is 0 Å². The van der Waals surface area contributed by atoms with Crippen molar-refractivity contribution in [2.45, 2.75) is 33.1 Å². The largest absolute Gasteiger partial charge is 0.462 e. The summed E-state index contributed by atoms with van der Waals surface area (Å²) in [5, 5.41) is 3.29. The highest BCUT2D eigenvalue weighted by Gasteiger charge is 2.40. The number of carbonyl (C=O) groups excluding carboxylic acids is 1. The summed E-state index contributed by atoms with van der Waals surface area (Å²) >= 11 is 0. The summed E-state index contributed by atoms with van der Waals surface area (Å²) in [5.41, 5.74) is 0.940. The fraction of sp³-hybridized carbons (Fsp3) is 0.571. The molecule has 1 fully saturated rings. The van der Waals surface area contributed by atoms with E-state index in [0.29, 0.717) is 23.4 Å². The normalized spacial score (nSPS) is 16.1. The minimum Gasteiger partial charge on any atom is -0.462 e. The van der Waals surface area contributed by atoms with Gasteiger partial charge < -0.3 is 10.1 Å². The Balaban J connectivity index is 2.05. The number of hydrogen-bond acceptors (Lipinski definition) is 4. The van der Waals surface area contributed by atoms with Crippen LogP contribution in [0.15, 0.2) is 18.3 Å². The second-order valence-electron chi connectivity index (χ2n) is 4.83. The summed E-state index contributed by atoms with van der Waals surface area (Å²) in [6.45, 7) is 5.27. The van der Waals surface area contributed by atoms with Crippen LogP contribution in [0, 0.1) is 5.41 Å². The van der Waals surface area contributed by atoms with Crippen molar-refractivity contribution in [1.82, 2.24) is 4.98 Å². The van der Waals surface area contributed by atoms with Crippen molar-refractivity contribution in [3.8, 4) is 0 Å². The molecule has 0 radical (unpaired) electrons. The number of ether oxygens (including phenoxy) is 1. The maximum atomic E-state index is 11.8. The molecule has 0 saturated heterocycles. The Labute approximate surface area is 108 Å². The molecule has 18 heavy (non-hydrogen) atoms. The van der Waals surface area contributed by atoms with E-state index in [9.17, 15) is 4.79 Å². The Morgan fingerprint density at radius 3 is 2.89 bits per heavy atom. The molecule has 1 aromatic heterocycles. The number of anilines is 1. The average molecular weight is 248 g/mol. The number of hydrogen-bond donors (Lipinski definition) is 1. The molecular weight excluding hydrogens is 228 g/mol. The van der Waals surface area contributed by atoms with E-state index >= 15 is 0 Å². The molecule has 0 unspecified atom stereocenters. The number of nitrogens with zero attached hydrogens (tertiary/aromatic N) is 1. The van der Waals surface area contributed by atoms with Crippen LogP contribution < -0.4 is 5.32 Å². The van der Waals surface area contributed by atoms with Gasteiger partial charge in [-0.3, -0.25) is 0 Å². The first kappa shape index (κ1) is 12.9. The van der Waals surface area contributed by atoms with Crippen molar-refractivity contribution in [2.24, 2.45) is 5.41 Å². The fourth-order valence-corrected chi connectivity index (χ4v) is 2.02. The summed E-state index contributed by atoms with van der Waals surface area (Å²) in [6, 6.07) is 3.50. The van der Waals surface area contributed by atoms with E-state index in [1.165, 1.54) is 19.3 Å². The van der Waals surface area contributed by atoms with Crippen molar-refractivity contribution in [2.75, 3.05) is 18.5 Å². The van der Waals surface area contributed by atoms with Crippen LogP contribution in [0.1, 0.15) is 43.5 Å². The third-order valence-corrected chi connectivity index (χ3v) is 3.64. The van der Waals surface area contributed by atoms with Crippen molar-refractivity contribution >= 4 is 11.8 Å². The quantitative estimate of drug-likeness (QED) is 0.786. The third-order valence-electron chi connectivity index (χ3n) is 3.64. The Hall–Kier alpha value is -1.58. The molecule has 4 nitrogen and oxygen atoms in total.